The van der Waals surface area contributed by atoms with Gasteiger partial charge in [-0.2, -0.15) is 0 Å². The molecule has 0 saturated heterocycles. The molecule has 0 bridgehead atoms. The fourth-order valence-corrected chi connectivity index (χ4v) is 4.73. The monoisotopic (exact) mass is 516 g/mol. The number of fused-ring (bicyclic) bond motifs is 1. The van der Waals surface area contributed by atoms with Crippen LogP contribution in [0.5, 0.6) is 5.75 Å². The second-order valence-electron chi connectivity index (χ2n) is 9.23. The van der Waals surface area contributed by atoms with E-state index in [-0.39, 0.29) is 17.2 Å². The third kappa shape index (κ3) is 6.49. The number of rotatable bonds is 6. The van der Waals surface area contributed by atoms with Crippen LogP contribution in [0.1, 0.15) is 71.9 Å². The summed E-state index contributed by atoms with van der Waals surface area (Å²) in [7, 11) is 0. The molecular weight excluding hydrogens is 490 g/mol. The smallest absolute Gasteiger partial charge is 0.406 e. The molecular formula is C30H26F6O. The Balaban J connectivity index is 1.49. The highest BCUT2D eigenvalue weighted by Gasteiger charge is 2.31. The molecule has 0 heterocycles. The van der Waals surface area contributed by atoms with Crippen molar-refractivity contribution in [2.24, 2.45) is 0 Å². The molecule has 0 aromatic heterocycles. The van der Waals surface area contributed by atoms with E-state index >= 15 is 4.39 Å². The standard InChI is InChI=1S/C30H26F6O/c1-2-3-4-5-20-12-16-26(29(33)28(20)32)23-13-17-25-22(18-23)11-10-21(27(25)31)9-6-19-7-14-24(15-8-19)37-30(34,35)36/h7-8,10-12,14-16,23H,2-5,13,17-18H2,1H3. The molecule has 3 aromatic carbocycles. The predicted molar refractivity (Wildman–Crippen MR) is 130 cm³/mol. The topological polar surface area (TPSA) is 9.23 Å². The molecule has 1 atom stereocenters. The molecule has 7 heteroatoms. The summed E-state index contributed by atoms with van der Waals surface area (Å²) in [6.45, 7) is 2.05. The number of aryl methyl sites for hydroxylation is 1. The molecule has 4 rings (SSSR count). The second kappa shape index (κ2) is 11.3. The van der Waals surface area contributed by atoms with Crippen molar-refractivity contribution in [1.82, 2.24) is 0 Å². The van der Waals surface area contributed by atoms with Crippen molar-refractivity contribution in [1.29, 1.82) is 0 Å². The Kier molecular flexibility index (Phi) is 8.16. The van der Waals surface area contributed by atoms with Gasteiger partial charge in [0.15, 0.2) is 11.6 Å². The van der Waals surface area contributed by atoms with E-state index in [1.165, 1.54) is 12.1 Å². The molecule has 37 heavy (non-hydrogen) atoms. The van der Waals surface area contributed by atoms with Crippen LogP contribution in [0, 0.1) is 29.3 Å². The lowest BCUT2D eigenvalue weighted by Gasteiger charge is -2.26. The van der Waals surface area contributed by atoms with Crippen molar-refractivity contribution in [2.45, 2.75) is 64.1 Å². The average Bonchev–Trinajstić information content (AvgIpc) is 2.86. The lowest BCUT2D eigenvalue weighted by molar-refractivity contribution is -0.274. The highest BCUT2D eigenvalue weighted by Crippen LogP contribution is 2.37. The van der Waals surface area contributed by atoms with Crippen LogP contribution in [0.2, 0.25) is 0 Å². The van der Waals surface area contributed by atoms with Gasteiger partial charge in [-0.05, 0) is 90.6 Å². The molecule has 1 nitrogen and oxygen atoms in total. The van der Waals surface area contributed by atoms with Crippen molar-refractivity contribution in [3.8, 4) is 17.6 Å². The average molecular weight is 517 g/mol. The van der Waals surface area contributed by atoms with Gasteiger partial charge in [0.05, 0.1) is 5.56 Å². The van der Waals surface area contributed by atoms with Crippen LogP contribution in [-0.2, 0) is 19.3 Å². The summed E-state index contributed by atoms with van der Waals surface area (Å²) >= 11 is 0. The zero-order valence-electron chi connectivity index (χ0n) is 20.3. The normalized spacial score (nSPS) is 15.1. The number of ether oxygens (including phenoxy) is 1. The summed E-state index contributed by atoms with van der Waals surface area (Å²) in [5, 5.41) is 0. The summed E-state index contributed by atoms with van der Waals surface area (Å²) in [6, 6.07) is 11.6. The van der Waals surface area contributed by atoms with Gasteiger partial charge in [0.2, 0.25) is 0 Å². The van der Waals surface area contributed by atoms with E-state index in [0.717, 1.165) is 37.0 Å². The van der Waals surface area contributed by atoms with Crippen LogP contribution in [-0.4, -0.2) is 6.36 Å². The van der Waals surface area contributed by atoms with Crippen molar-refractivity contribution in [2.75, 3.05) is 0 Å². The van der Waals surface area contributed by atoms with Crippen molar-refractivity contribution >= 4 is 0 Å². The van der Waals surface area contributed by atoms with Crippen molar-refractivity contribution < 1.29 is 31.1 Å². The second-order valence-corrected chi connectivity index (χ2v) is 9.23. The minimum Gasteiger partial charge on any atom is -0.406 e. The molecule has 1 aliphatic rings. The number of unbranched alkanes of at least 4 members (excludes halogenated alkanes) is 2. The van der Waals surface area contributed by atoms with Gasteiger partial charge in [-0.3, -0.25) is 0 Å². The fourth-order valence-electron chi connectivity index (χ4n) is 4.73. The van der Waals surface area contributed by atoms with Gasteiger partial charge in [0.1, 0.15) is 11.6 Å². The molecule has 0 aliphatic heterocycles. The first kappa shape index (κ1) is 26.7. The zero-order chi connectivity index (χ0) is 26.6. The van der Waals surface area contributed by atoms with Gasteiger partial charge < -0.3 is 4.74 Å². The Morgan fingerprint density at radius 3 is 2.32 bits per heavy atom. The fraction of sp³-hybridized carbons (Fsp3) is 0.333. The number of hydrogen-bond donors (Lipinski definition) is 0. The van der Waals surface area contributed by atoms with Crippen molar-refractivity contribution in [3.05, 3.63) is 99.4 Å². The number of benzene rings is 3. The summed E-state index contributed by atoms with van der Waals surface area (Å²) in [6.07, 6.45) is -0.264. The lowest BCUT2D eigenvalue weighted by Crippen LogP contribution is -2.17. The maximum Gasteiger partial charge on any atom is 0.573 e. The van der Waals surface area contributed by atoms with Gasteiger partial charge in [0, 0.05) is 5.56 Å². The Bertz CT molecular complexity index is 1320. The molecule has 0 saturated carbocycles. The highest BCUT2D eigenvalue weighted by atomic mass is 19.4. The van der Waals surface area contributed by atoms with Crippen molar-refractivity contribution in [3.63, 3.8) is 0 Å². The van der Waals surface area contributed by atoms with Gasteiger partial charge in [-0.1, -0.05) is 49.8 Å². The van der Waals surface area contributed by atoms with Crippen LogP contribution in [0.3, 0.4) is 0 Å². The van der Waals surface area contributed by atoms with E-state index < -0.39 is 23.8 Å². The molecule has 1 aliphatic carbocycles. The summed E-state index contributed by atoms with van der Waals surface area (Å²) in [4.78, 5) is 0. The number of halogens is 6. The van der Waals surface area contributed by atoms with Crippen LogP contribution < -0.4 is 4.74 Å². The van der Waals surface area contributed by atoms with E-state index in [1.807, 2.05) is 0 Å². The zero-order valence-corrected chi connectivity index (χ0v) is 20.3. The van der Waals surface area contributed by atoms with E-state index in [2.05, 4.69) is 23.5 Å². The first-order valence-electron chi connectivity index (χ1n) is 12.3. The van der Waals surface area contributed by atoms with Gasteiger partial charge in [0.25, 0.3) is 0 Å². The molecule has 1 unspecified atom stereocenters. The summed E-state index contributed by atoms with van der Waals surface area (Å²) in [5.41, 5.74) is 2.53. The minimum absolute atomic E-state index is 0.168. The third-order valence-corrected chi connectivity index (χ3v) is 6.66. The molecule has 0 spiro atoms. The quantitative estimate of drug-likeness (QED) is 0.182. The van der Waals surface area contributed by atoms with Crippen LogP contribution in [0.15, 0.2) is 48.5 Å². The van der Waals surface area contributed by atoms with Crippen LogP contribution in [0.25, 0.3) is 0 Å². The van der Waals surface area contributed by atoms with Crippen LogP contribution in [0.4, 0.5) is 26.3 Å². The van der Waals surface area contributed by atoms with Gasteiger partial charge in [-0.15, -0.1) is 13.2 Å². The molecule has 194 valence electrons. The Hall–Kier alpha value is -3.40. The Morgan fingerprint density at radius 2 is 1.62 bits per heavy atom. The van der Waals surface area contributed by atoms with Gasteiger partial charge >= 0.3 is 6.36 Å². The molecule has 0 amide bonds. The van der Waals surface area contributed by atoms with E-state index in [1.54, 1.807) is 24.3 Å². The largest absolute Gasteiger partial charge is 0.573 e. The Morgan fingerprint density at radius 1 is 0.865 bits per heavy atom. The first-order valence-corrected chi connectivity index (χ1v) is 12.3. The number of hydrogen-bond acceptors (Lipinski definition) is 1. The predicted octanol–water partition coefficient (Wildman–Crippen LogP) is 8.41. The van der Waals surface area contributed by atoms with E-state index in [4.69, 9.17) is 0 Å². The molecule has 3 aromatic rings. The van der Waals surface area contributed by atoms with Crippen LogP contribution >= 0.6 is 0 Å². The first-order chi connectivity index (χ1) is 17.7. The lowest BCUT2D eigenvalue weighted by atomic mass is 9.79. The minimum atomic E-state index is -4.78. The van der Waals surface area contributed by atoms with E-state index in [0.29, 0.717) is 47.9 Å². The molecule has 0 N–H and O–H groups in total. The molecule has 0 radical (unpaired) electrons. The molecule has 0 fully saturated rings. The summed E-state index contributed by atoms with van der Waals surface area (Å²) in [5.74, 6) is 2.82. The SMILES string of the molecule is CCCCCc1ccc(C2CCc3c(ccc(C#Cc4ccc(OC(F)(F)F)cc4)c3F)C2)c(F)c1F. The third-order valence-electron chi connectivity index (χ3n) is 6.66. The van der Waals surface area contributed by atoms with Gasteiger partial charge in [-0.25, -0.2) is 13.2 Å². The Labute approximate surface area is 212 Å². The maximum absolute atomic E-state index is 15.2. The maximum atomic E-state index is 15.2. The highest BCUT2D eigenvalue weighted by molar-refractivity contribution is 5.49. The number of alkyl halides is 3. The summed E-state index contributed by atoms with van der Waals surface area (Å²) < 4.78 is 85.5. The van der Waals surface area contributed by atoms with E-state index in [9.17, 15) is 22.0 Å².